The lowest BCUT2D eigenvalue weighted by molar-refractivity contribution is -0.122. The van der Waals surface area contributed by atoms with Gasteiger partial charge in [0.15, 0.2) is 0 Å². The van der Waals surface area contributed by atoms with Crippen LogP contribution in [0.5, 0.6) is 0 Å². The van der Waals surface area contributed by atoms with Gasteiger partial charge in [-0.2, -0.15) is 0 Å². The van der Waals surface area contributed by atoms with Gasteiger partial charge >= 0.3 is 6.03 Å². The molecule has 3 N–H and O–H groups in total. The molecule has 0 spiro atoms. The van der Waals surface area contributed by atoms with E-state index in [-0.39, 0.29) is 22.8 Å². The minimum atomic E-state index is -0.924. The highest BCUT2D eigenvalue weighted by Gasteiger charge is 2.38. The van der Waals surface area contributed by atoms with Gasteiger partial charge in [-0.05, 0) is 30.3 Å². The second-order valence-electron chi connectivity index (χ2n) is 6.75. The van der Waals surface area contributed by atoms with Crippen molar-refractivity contribution in [1.29, 1.82) is 0 Å². The molecule has 1 aliphatic heterocycles. The molecule has 31 heavy (non-hydrogen) atoms. The van der Waals surface area contributed by atoms with Crippen LogP contribution in [0, 0.1) is 0 Å². The summed E-state index contributed by atoms with van der Waals surface area (Å²) >= 11 is 12.1. The topological polar surface area (TPSA) is 114 Å². The van der Waals surface area contributed by atoms with Crippen LogP contribution in [-0.2, 0) is 20.9 Å². The van der Waals surface area contributed by atoms with E-state index >= 15 is 0 Å². The molecule has 2 aromatic carbocycles. The zero-order valence-corrected chi connectivity index (χ0v) is 17.3. The quantitative estimate of drug-likeness (QED) is 0.463. The Balaban J connectivity index is 1.82. The number of aromatic nitrogens is 1. The number of fused-ring (bicyclic) bond motifs is 1. The van der Waals surface area contributed by atoms with Crippen LogP contribution in [-0.4, -0.2) is 28.3 Å². The molecule has 5 amide bonds. The molecule has 10 heteroatoms. The predicted molar refractivity (Wildman–Crippen MR) is 117 cm³/mol. The Morgan fingerprint density at radius 3 is 2.55 bits per heavy atom. The van der Waals surface area contributed by atoms with Crippen LogP contribution in [0.1, 0.15) is 5.56 Å². The predicted octanol–water partition coefficient (Wildman–Crippen LogP) is 3.10. The Hall–Kier alpha value is -3.62. The number of amides is 5. The first-order chi connectivity index (χ1) is 14.8. The average Bonchev–Trinajstić information content (AvgIpc) is 3.03. The number of urea groups is 1. The minimum Gasteiger partial charge on any atom is -0.368 e. The van der Waals surface area contributed by atoms with Crippen LogP contribution in [0.3, 0.4) is 0 Å². The molecule has 8 nitrogen and oxygen atoms in total. The SMILES string of the molecule is NC(=O)Cn1cc(C=C2C(=O)NC(=O)N(c3ccc(Cl)cc3Cl)C2=O)c2ccccc21. The average molecular weight is 457 g/mol. The molecule has 2 heterocycles. The smallest absolute Gasteiger partial charge is 0.335 e. The Labute approximate surface area is 185 Å². The molecule has 4 rings (SSSR count). The summed E-state index contributed by atoms with van der Waals surface area (Å²) in [5.74, 6) is -2.23. The third kappa shape index (κ3) is 3.78. The highest BCUT2D eigenvalue weighted by molar-refractivity contribution is 6.42. The summed E-state index contributed by atoms with van der Waals surface area (Å²) < 4.78 is 1.62. The molecule has 0 radical (unpaired) electrons. The number of rotatable bonds is 4. The van der Waals surface area contributed by atoms with Gasteiger partial charge in [-0.1, -0.05) is 41.4 Å². The first-order valence-electron chi connectivity index (χ1n) is 8.99. The summed E-state index contributed by atoms with van der Waals surface area (Å²) in [6, 6.07) is 10.5. The molecule has 0 atom stereocenters. The number of para-hydroxylation sites is 1. The molecule has 0 aliphatic carbocycles. The van der Waals surface area contributed by atoms with Crippen molar-refractivity contribution in [2.75, 3.05) is 4.90 Å². The van der Waals surface area contributed by atoms with E-state index in [1.165, 1.54) is 24.3 Å². The summed E-state index contributed by atoms with van der Waals surface area (Å²) in [7, 11) is 0. The third-order valence-corrected chi connectivity index (χ3v) is 5.24. The van der Waals surface area contributed by atoms with E-state index < -0.39 is 23.8 Å². The largest absolute Gasteiger partial charge is 0.368 e. The molecule has 0 unspecified atom stereocenters. The Morgan fingerprint density at radius 1 is 1.10 bits per heavy atom. The van der Waals surface area contributed by atoms with Crippen LogP contribution in [0.4, 0.5) is 10.5 Å². The first kappa shape index (κ1) is 20.6. The van der Waals surface area contributed by atoms with Crippen LogP contribution in [0.2, 0.25) is 10.0 Å². The molecule has 156 valence electrons. The van der Waals surface area contributed by atoms with Gasteiger partial charge in [-0.25, -0.2) is 9.69 Å². The number of barbiturate groups is 1. The third-order valence-electron chi connectivity index (χ3n) is 4.70. The molecular weight excluding hydrogens is 443 g/mol. The van der Waals surface area contributed by atoms with Crippen molar-refractivity contribution < 1.29 is 19.2 Å². The number of nitrogens with zero attached hydrogens (tertiary/aromatic N) is 2. The maximum absolute atomic E-state index is 13.1. The number of carbonyl (C=O) groups excluding carboxylic acids is 4. The first-order valence-corrected chi connectivity index (χ1v) is 9.74. The van der Waals surface area contributed by atoms with E-state index in [1.54, 1.807) is 35.0 Å². The number of hydrogen-bond donors (Lipinski definition) is 2. The van der Waals surface area contributed by atoms with Crippen LogP contribution in [0.25, 0.3) is 17.0 Å². The van der Waals surface area contributed by atoms with Crippen molar-refractivity contribution in [3.05, 3.63) is 69.8 Å². The van der Waals surface area contributed by atoms with Gasteiger partial charge in [0.05, 0.1) is 10.7 Å². The van der Waals surface area contributed by atoms with Gasteiger partial charge in [0.25, 0.3) is 11.8 Å². The maximum Gasteiger partial charge on any atom is 0.335 e. The highest BCUT2D eigenvalue weighted by atomic mass is 35.5. The van der Waals surface area contributed by atoms with Crippen molar-refractivity contribution >= 4 is 69.6 Å². The number of nitrogens with one attached hydrogen (secondary N) is 1. The number of anilines is 1. The molecule has 1 aliphatic rings. The van der Waals surface area contributed by atoms with E-state index in [0.29, 0.717) is 21.5 Å². The minimum absolute atomic E-state index is 0.0720. The van der Waals surface area contributed by atoms with Crippen molar-refractivity contribution in [1.82, 2.24) is 9.88 Å². The van der Waals surface area contributed by atoms with Crippen molar-refractivity contribution in [3.63, 3.8) is 0 Å². The van der Waals surface area contributed by atoms with E-state index in [0.717, 1.165) is 4.90 Å². The van der Waals surface area contributed by atoms with Crippen molar-refractivity contribution in [3.8, 4) is 0 Å². The van der Waals surface area contributed by atoms with E-state index in [2.05, 4.69) is 5.32 Å². The molecule has 1 fully saturated rings. The summed E-state index contributed by atoms with van der Waals surface area (Å²) in [5.41, 5.74) is 6.34. The second-order valence-corrected chi connectivity index (χ2v) is 7.59. The van der Waals surface area contributed by atoms with E-state index in [9.17, 15) is 19.2 Å². The zero-order valence-electron chi connectivity index (χ0n) is 15.8. The summed E-state index contributed by atoms with van der Waals surface area (Å²) in [6.07, 6.45) is 2.97. The van der Waals surface area contributed by atoms with Gasteiger partial charge in [-0.15, -0.1) is 0 Å². The van der Waals surface area contributed by atoms with Crippen LogP contribution >= 0.6 is 23.2 Å². The van der Waals surface area contributed by atoms with Crippen LogP contribution in [0.15, 0.2) is 54.2 Å². The highest BCUT2D eigenvalue weighted by Crippen LogP contribution is 2.32. The monoisotopic (exact) mass is 456 g/mol. The summed E-state index contributed by atoms with van der Waals surface area (Å²) in [5, 5.41) is 3.24. The standard InChI is InChI=1S/C21H14Cl2N4O4/c22-12-5-6-17(15(23)8-12)27-20(30)14(19(29)25-21(27)31)7-11-9-26(10-18(24)28)16-4-2-1-3-13(11)16/h1-9H,10H2,(H2,24,28)(H,25,29,31). The molecular formula is C21H14Cl2N4O4. The van der Waals surface area contributed by atoms with E-state index in [4.69, 9.17) is 28.9 Å². The number of benzene rings is 2. The maximum atomic E-state index is 13.1. The van der Waals surface area contributed by atoms with Gasteiger partial charge < -0.3 is 10.3 Å². The molecule has 3 aromatic rings. The lowest BCUT2D eigenvalue weighted by atomic mass is 10.1. The lowest BCUT2D eigenvalue weighted by Crippen LogP contribution is -2.54. The Bertz CT molecular complexity index is 1310. The van der Waals surface area contributed by atoms with Crippen molar-refractivity contribution in [2.24, 2.45) is 5.73 Å². The number of carbonyl (C=O) groups is 4. The normalized spacial score (nSPS) is 15.6. The Morgan fingerprint density at radius 2 is 1.84 bits per heavy atom. The van der Waals surface area contributed by atoms with Gasteiger partial charge in [-0.3, -0.25) is 19.7 Å². The van der Waals surface area contributed by atoms with Crippen molar-refractivity contribution in [2.45, 2.75) is 6.54 Å². The fourth-order valence-electron chi connectivity index (χ4n) is 3.38. The number of hydrogen-bond acceptors (Lipinski definition) is 4. The van der Waals surface area contributed by atoms with Gasteiger partial charge in [0.1, 0.15) is 12.1 Å². The Kier molecular flexibility index (Phi) is 5.26. The molecule has 0 bridgehead atoms. The van der Waals surface area contributed by atoms with Crippen LogP contribution < -0.4 is 16.0 Å². The number of halogens is 2. The summed E-state index contributed by atoms with van der Waals surface area (Å²) in [4.78, 5) is 50.2. The van der Waals surface area contributed by atoms with Gasteiger partial charge in [0.2, 0.25) is 5.91 Å². The number of primary amides is 1. The molecule has 1 saturated heterocycles. The molecule has 0 saturated carbocycles. The zero-order chi connectivity index (χ0) is 22.3. The fourth-order valence-corrected chi connectivity index (χ4v) is 3.88. The second kappa shape index (κ2) is 7.90. The molecule has 1 aromatic heterocycles. The lowest BCUT2D eigenvalue weighted by Gasteiger charge is -2.27. The fraction of sp³-hybridized carbons (Fsp3) is 0.0476. The number of imide groups is 2. The van der Waals surface area contributed by atoms with E-state index in [1.807, 2.05) is 0 Å². The van der Waals surface area contributed by atoms with Gasteiger partial charge in [0, 0.05) is 27.7 Å². The summed E-state index contributed by atoms with van der Waals surface area (Å²) in [6.45, 7) is -0.0746. The number of nitrogens with two attached hydrogens (primary N) is 1.